The van der Waals surface area contributed by atoms with Crippen molar-refractivity contribution in [3.05, 3.63) is 23.9 Å². The Hall–Kier alpha value is -2.16. The molecule has 2 aromatic heterocycles. The van der Waals surface area contributed by atoms with Crippen LogP contribution in [0.15, 0.2) is 23.5 Å². The molecule has 1 aliphatic heterocycles. The van der Waals surface area contributed by atoms with Gasteiger partial charge in [0.15, 0.2) is 0 Å². The summed E-state index contributed by atoms with van der Waals surface area (Å²) >= 11 is 1.40. The number of carbonyl (C=O) groups is 1. The van der Waals surface area contributed by atoms with Gasteiger partial charge < -0.3 is 10.2 Å². The molecular formula is C17H23N7OS. The lowest BCUT2D eigenvalue weighted by molar-refractivity contribution is -0.120. The maximum absolute atomic E-state index is 12.4. The highest BCUT2D eigenvalue weighted by Crippen LogP contribution is 2.37. The van der Waals surface area contributed by atoms with Crippen LogP contribution in [0, 0.1) is 0 Å². The van der Waals surface area contributed by atoms with Crippen molar-refractivity contribution in [3.63, 3.8) is 0 Å². The van der Waals surface area contributed by atoms with Crippen molar-refractivity contribution in [2.24, 2.45) is 0 Å². The number of nitrogens with zero attached hydrogens (tertiary/aromatic N) is 6. The van der Waals surface area contributed by atoms with Crippen LogP contribution in [0.5, 0.6) is 0 Å². The minimum Gasteiger partial charge on any atom is -0.357 e. The molecule has 26 heavy (non-hydrogen) atoms. The molecule has 9 heteroatoms. The average Bonchev–Trinajstić information content (AvgIpc) is 3.16. The van der Waals surface area contributed by atoms with Crippen LogP contribution in [-0.4, -0.2) is 49.4 Å². The first kappa shape index (κ1) is 17.3. The fourth-order valence-corrected chi connectivity index (χ4v) is 3.89. The van der Waals surface area contributed by atoms with Crippen LogP contribution in [-0.2, 0) is 11.3 Å². The van der Waals surface area contributed by atoms with Gasteiger partial charge >= 0.3 is 0 Å². The Morgan fingerprint density at radius 2 is 2.15 bits per heavy atom. The van der Waals surface area contributed by atoms with Crippen molar-refractivity contribution >= 4 is 23.5 Å². The third-order valence-electron chi connectivity index (χ3n) is 4.71. The van der Waals surface area contributed by atoms with E-state index in [1.807, 2.05) is 29.9 Å². The molecule has 3 heterocycles. The number of pyridine rings is 1. The Morgan fingerprint density at radius 3 is 2.85 bits per heavy atom. The Balaban J connectivity index is 1.28. The zero-order valence-corrected chi connectivity index (χ0v) is 15.7. The van der Waals surface area contributed by atoms with Gasteiger partial charge in [-0.1, -0.05) is 17.8 Å². The number of amides is 1. The molecule has 2 aliphatic rings. The van der Waals surface area contributed by atoms with Crippen LogP contribution in [0.3, 0.4) is 0 Å². The lowest BCUT2D eigenvalue weighted by Gasteiger charge is -2.16. The molecule has 0 spiro atoms. The molecule has 0 bridgehead atoms. The van der Waals surface area contributed by atoms with Gasteiger partial charge in [-0.15, -0.1) is 5.10 Å². The Morgan fingerprint density at radius 1 is 1.35 bits per heavy atom. The van der Waals surface area contributed by atoms with Crippen molar-refractivity contribution in [2.75, 3.05) is 18.0 Å². The van der Waals surface area contributed by atoms with E-state index in [0.29, 0.717) is 17.7 Å². The lowest BCUT2D eigenvalue weighted by Crippen LogP contribution is -2.30. The van der Waals surface area contributed by atoms with E-state index >= 15 is 0 Å². The smallest absolute Gasteiger partial charge is 0.233 e. The monoisotopic (exact) mass is 373 g/mol. The predicted octanol–water partition coefficient (Wildman–Crippen LogP) is 1.80. The van der Waals surface area contributed by atoms with Crippen LogP contribution in [0.2, 0.25) is 0 Å². The summed E-state index contributed by atoms with van der Waals surface area (Å²) in [5.74, 6) is 0.998. The number of tetrazole rings is 1. The van der Waals surface area contributed by atoms with Crippen LogP contribution in [0.1, 0.15) is 44.2 Å². The summed E-state index contributed by atoms with van der Waals surface area (Å²) in [6.07, 6.45) is 6.54. The fraction of sp³-hybridized carbons (Fsp3) is 0.588. The van der Waals surface area contributed by atoms with Crippen molar-refractivity contribution in [1.82, 2.24) is 30.5 Å². The molecule has 1 saturated heterocycles. The van der Waals surface area contributed by atoms with Crippen molar-refractivity contribution < 1.29 is 4.79 Å². The van der Waals surface area contributed by atoms with Crippen LogP contribution >= 0.6 is 11.8 Å². The second-order valence-electron chi connectivity index (χ2n) is 6.83. The topological polar surface area (TPSA) is 88.8 Å². The molecule has 1 aliphatic carbocycles. The normalized spacial score (nSPS) is 18.1. The zero-order valence-electron chi connectivity index (χ0n) is 14.8. The van der Waals surface area contributed by atoms with Gasteiger partial charge in [-0.25, -0.2) is 9.67 Å². The highest BCUT2D eigenvalue weighted by Gasteiger charge is 2.29. The number of carbonyl (C=O) groups excluding carboxylic acids is 1. The van der Waals surface area contributed by atoms with E-state index in [-0.39, 0.29) is 11.2 Å². The van der Waals surface area contributed by atoms with Crippen molar-refractivity contribution in [1.29, 1.82) is 0 Å². The molecule has 8 nitrogen and oxygen atoms in total. The molecular weight excluding hydrogens is 350 g/mol. The molecule has 2 aromatic rings. The third-order valence-corrected chi connectivity index (χ3v) is 5.76. The summed E-state index contributed by atoms with van der Waals surface area (Å²) in [4.78, 5) is 19.2. The Labute approximate surface area is 156 Å². The molecule has 1 saturated carbocycles. The quantitative estimate of drug-likeness (QED) is 0.740. The van der Waals surface area contributed by atoms with Gasteiger partial charge in [0.2, 0.25) is 11.1 Å². The second kappa shape index (κ2) is 7.61. The second-order valence-corrected chi connectivity index (χ2v) is 8.14. The number of hydrogen-bond donors (Lipinski definition) is 1. The van der Waals surface area contributed by atoms with E-state index in [1.54, 1.807) is 0 Å². The summed E-state index contributed by atoms with van der Waals surface area (Å²) < 4.78 is 1.83. The van der Waals surface area contributed by atoms with Gasteiger partial charge in [0.1, 0.15) is 5.82 Å². The lowest BCUT2D eigenvalue weighted by atomic mass is 10.2. The minimum atomic E-state index is -0.254. The molecule has 4 rings (SSSR count). The number of nitrogens with one attached hydrogen (secondary N) is 1. The standard InChI is InChI=1S/C17H23N7OS/c1-12(26-17-20-21-22-24(17)14-5-6-14)16(25)19-11-13-4-7-15(18-10-13)23-8-2-3-9-23/h4,7,10,12,14H,2-3,5-6,8-9,11H2,1H3,(H,19,25). The summed E-state index contributed by atoms with van der Waals surface area (Å²) in [7, 11) is 0. The number of hydrogen-bond acceptors (Lipinski definition) is 7. The largest absolute Gasteiger partial charge is 0.357 e. The molecule has 0 aromatic carbocycles. The van der Waals surface area contributed by atoms with Crippen molar-refractivity contribution in [3.8, 4) is 0 Å². The van der Waals surface area contributed by atoms with E-state index in [2.05, 4.69) is 30.7 Å². The molecule has 1 N–H and O–H groups in total. The molecule has 2 fully saturated rings. The van der Waals surface area contributed by atoms with Gasteiger partial charge in [-0.3, -0.25) is 4.79 Å². The van der Waals surface area contributed by atoms with Gasteiger partial charge in [0.25, 0.3) is 0 Å². The Bertz CT molecular complexity index is 753. The first-order valence-electron chi connectivity index (χ1n) is 9.13. The van der Waals surface area contributed by atoms with E-state index in [9.17, 15) is 4.79 Å². The summed E-state index contributed by atoms with van der Waals surface area (Å²) in [5, 5.41) is 15.2. The highest BCUT2D eigenvalue weighted by molar-refractivity contribution is 8.00. The van der Waals surface area contributed by atoms with Crippen molar-refractivity contribution in [2.45, 2.75) is 55.6 Å². The van der Waals surface area contributed by atoms with Crippen LogP contribution in [0.25, 0.3) is 0 Å². The molecule has 1 unspecified atom stereocenters. The number of anilines is 1. The summed E-state index contributed by atoms with van der Waals surface area (Å²) in [5.41, 5.74) is 1.00. The molecule has 1 amide bonds. The first-order chi connectivity index (χ1) is 12.7. The fourth-order valence-electron chi connectivity index (χ4n) is 3.01. The first-order valence-corrected chi connectivity index (χ1v) is 10.0. The Kier molecular flexibility index (Phi) is 5.05. The SMILES string of the molecule is CC(Sc1nnnn1C1CC1)C(=O)NCc1ccc(N2CCCC2)nc1. The van der Waals surface area contributed by atoms with Crippen LogP contribution in [0.4, 0.5) is 5.82 Å². The van der Waals surface area contributed by atoms with Gasteiger partial charge in [0.05, 0.1) is 11.3 Å². The van der Waals surface area contributed by atoms with Gasteiger partial charge in [-0.2, -0.15) is 0 Å². The third kappa shape index (κ3) is 3.98. The maximum atomic E-state index is 12.4. The van der Waals surface area contributed by atoms with Crippen LogP contribution < -0.4 is 10.2 Å². The highest BCUT2D eigenvalue weighted by atomic mass is 32.2. The van der Waals surface area contributed by atoms with Gasteiger partial charge in [0, 0.05) is 25.8 Å². The zero-order chi connectivity index (χ0) is 17.9. The molecule has 1 atom stereocenters. The molecule has 0 radical (unpaired) electrons. The predicted molar refractivity (Wildman–Crippen MR) is 98.9 cm³/mol. The van der Waals surface area contributed by atoms with E-state index < -0.39 is 0 Å². The summed E-state index contributed by atoms with van der Waals surface area (Å²) in [6, 6.07) is 4.48. The van der Waals surface area contributed by atoms with E-state index in [4.69, 9.17) is 0 Å². The van der Waals surface area contributed by atoms with E-state index in [1.165, 1.54) is 24.6 Å². The van der Waals surface area contributed by atoms with E-state index in [0.717, 1.165) is 37.3 Å². The number of aromatic nitrogens is 5. The average molecular weight is 373 g/mol. The summed E-state index contributed by atoms with van der Waals surface area (Å²) in [6.45, 7) is 4.52. The maximum Gasteiger partial charge on any atom is 0.233 e. The van der Waals surface area contributed by atoms with Gasteiger partial charge in [-0.05, 0) is 54.7 Å². The number of thioether (sulfide) groups is 1. The number of rotatable bonds is 7. The minimum absolute atomic E-state index is 0.0241. The molecule has 138 valence electrons.